The number of nitrogens with one attached hydrogen (secondary N) is 3. The molecule has 0 aliphatic rings. The number of aryl methyl sites for hydroxylation is 1. The number of rotatable bonds is 10. The molecule has 27 heavy (non-hydrogen) atoms. The fourth-order valence-electron chi connectivity index (χ4n) is 3.25. The van der Waals surface area contributed by atoms with Crippen molar-refractivity contribution in [3.8, 4) is 0 Å². The highest BCUT2D eigenvalue weighted by molar-refractivity contribution is 6.02. The molecule has 7 heteroatoms. The van der Waals surface area contributed by atoms with E-state index in [1.54, 1.807) is 13.8 Å². The average molecular weight is 380 g/mol. The van der Waals surface area contributed by atoms with Gasteiger partial charge in [0, 0.05) is 23.8 Å². The summed E-state index contributed by atoms with van der Waals surface area (Å²) in [6, 6.07) is -0.231. The molecule has 3 N–H and O–H groups in total. The Bertz CT molecular complexity index is 664. The number of ketones is 1. The summed E-state index contributed by atoms with van der Waals surface area (Å²) >= 11 is 0. The fraction of sp³-hybridized carbons (Fsp3) is 0.650. The largest absolute Gasteiger partial charge is 0.450 e. The molecule has 1 rings (SSSR count). The highest BCUT2D eigenvalue weighted by Crippen LogP contribution is 2.21. The number of aromatic nitrogens is 1. The third-order valence-corrected chi connectivity index (χ3v) is 4.23. The Morgan fingerprint density at radius 3 is 2.37 bits per heavy atom. The van der Waals surface area contributed by atoms with Gasteiger partial charge in [-0.1, -0.05) is 27.2 Å². The van der Waals surface area contributed by atoms with Crippen LogP contribution in [0.3, 0.4) is 0 Å². The van der Waals surface area contributed by atoms with Crippen LogP contribution >= 0.6 is 0 Å². The molecule has 0 aliphatic heterocycles. The van der Waals surface area contributed by atoms with Gasteiger partial charge in [0.25, 0.3) is 5.91 Å². The normalized spacial score (nSPS) is 12.0. The first-order valence-electron chi connectivity index (χ1n) is 9.64. The molecule has 152 valence electrons. The average Bonchev–Trinajstić information content (AvgIpc) is 2.89. The molecule has 1 aromatic heterocycles. The number of alkyl carbamates (subject to hydrolysis) is 1. The molecule has 0 saturated carbocycles. The lowest BCUT2D eigenvalue weighted by atomic mass is 10.0. The predicted octanol–water partition coefficient (Wildman–Crippen LogP) is 3.37. The molecule has 7 nitrogen and oxygen atoms in total. The van der Waals surface area contributed by atoms with E-state index in [0.717, 1.165) is 12.0 Å². The monoisotopic (exact) mass is 379 g/mol. The minimum atomic E-state index is -0.487. The number of aromatic amines is 1. The zero-order valence-electron chi connectivity index (χ0n) is 17.3. The molecule has 1 aromatic rings. The van der Waals surface area contributed by atoms with Gasteiger partial charge in [-0.05, 0) is 45.1 Å². The van der Waals surface area contributed by atoms with Crippen LogP contribution in [-0.2, 0) is 11.2 Å². The van der Waals surface area contributed by atoms with Gasteiger partial charge in [0.05, 0.1) is 6.61 Å². The summed E-state index contributed by atoms with van der Waals surface area (Å²) in [6.45, 7) is 11.7. The summed E-state index contributed by atoms with van der Waals surface area (Å²) in [5.41, 5.74) is 2.50. The van der Waals surface area contributed by atoms with Crippen LogP contribution in [0.5, 0.6) is 0 Å². The minimum Gasteiger partial charge on any atom is -0.450 e. The Hall–Kier alpha value is -2.31. The van der Waals surface area contributed by atoms with Crippen molar-refractivity contribution in [2.45, 2.75) is 66.8 Å². The molecule has 1 atom stereocenters. The molecule has 0 fully saturated rings. The van der Waals surface area contributed by atoms with E-state index >= 15 is 0 Å². The van der Waals surface area contributed by atoms with Gasteiger partial charge in [0.1, 0.15) is 5.69 Å². The maximum Gasteiger partial charge on any atom is 0.407 e. The second-order valence-corrected chi connectivity index (χ2v) is 7.19. The number of hydrogen-bond acceptors (Lipinski definition) is 4. The van der Waals surface area contributed by atoms with Crippen LogP contribution in [0.1, 0.15) is 79.6 Å². The van der Waals surface area contributed by atoms with E-state index in [1.165, 1.54) is 6.92 Å². The summed E-state index contributed by atoms with van der Waals surface area (Å²) in [5.74, 6) is 0.0305. The Morgan fingerprint density at radius 1 is 1.19 bits per heavy atom. The molecule has 0 aliphatic carbocycles. The third kappa shape index (κ3) is 6.73. The lowest BCUT2D eigenvalue weighted by Crippen LogP contribution is -2.44. The van der Waals surface area contributed by atoms with Crippen molar-refractivity contribution in [2.75, 3.05) is 13.2 Å². The van der Waals surface area contributed by atoms with Crippen LogP contribution in [0.15, 0.2) is 0 Å². The number of H-pyrrole nitrogens is 1. The van der Waals surface area contributed by atoms with E-state index in [0.29, 0.717) is 42.3 Å². The molecule has 1 unspecified atom stereocenters. The Labute approximate surface area is 161 Å². The summed E-state index contributed by atoms with van der Waals surface area (Å²) in [5, 5.41) is 5.67. The van der Waals surface area contributed by atoms with Crippen molar-refractivity contribution in [2.24, 2.45) is 5.92 Å². The highest BCUT2D eigenvalue weighted by Gasteiger charge is 2.23. The lowest BCUT2D eigenvalue weighted by Gasteiger charge is -2.20. The van der Waals surface area contributed by atoms with E-state index in [-0.39, 0.29) is 24.3 Å². The van der Waals surface area contributed by atoms with Gasteiger partial charge >= 0.3 is 6.09 Å². The van der Waals surface area contributed by atoms with Gasteiger partial charge in [-0.15, -0.1) is 0 Å². The van der Waals surface area contributed by atoms with Gasteiger partial charge in [-0.25, -0.2) is 4.79 Å². The van der Waals surface area contributed by atoms with Crippen LogP contribution in [0.2, 0.25) is 0 Å². The topological polar surface area (TPSA) is 100 Å². The summed E-state index contributed by atoms with van der Waals surface area (Å²) < 4.78 is 4.94. The van der Waals surface area contributed by atoms with E-state index in [4.69, 9.17) is 4.74 Å². The van der Waals surface area contributed by atoms with Crippen molar-refractivity contribution >= 4 is 17.8 Å². The van der Waals surface area contributed by atoms with Gasteiger partial charge in [0.15, 0.2) is 5.78 Å². The maximum atomic E-state index is 12.7. The fourth-order valence-corrected chi connectivity index (χ4v) is 3.25. The highest BCUT2D eigenvalue weighted by atomic mass is 16.5. The SMILES string of the molecule is CCCc1c(C(=O)NCC(CC(C)C)NC(=O)OCC)[nH]c(C)c1C(C)=O. The molecule has 0 saturated heterocycles. The zero-order chi connectivity index (χ0) is 20.6. The molecule has 0 bridgehead atoms. The number of carbonyl (C=O) groups is 3. The quantitative estimate of drug-likeness (QED) is 0.543. The predicted molar refractivity (Wildman–Crippen MR) is 105 cm³/mol. The van der Waals surface area contributed by atoms with Gasteiger partial charge in [-0.2, -0.15) is 0 Å². The number of carbonyl (C=O) groups excluding carboxylic acids is 3. The van der Waals surface area contributed by atoms with Crippen LogP contribution < -0.4 is 10.6 Å². The smallest absolute Gasteiger partial charge is 0.407 e. The van der Waals surface area contributed by atoms with Crippen molar-refractivity contribution < 1.29 is 19.1 Å². The van der Waals surface area contributed by atoms with E-state index in [9.17, 15) is 14.4 Å². The van der Waals surface area contributed by atoms with E-state index < -0.39 is 6.09 Å². The van der Waals surface area contributed by atoms with Crippen molar-refractivity contribution in [3.63, 3.8) is 0 Å². The molecule has 0 aromatic carbocycles. The van der Waals surface area contributed by atoms with Crippen LogP contribution in [-0.4, -0.2) is 42.0 Å². The Morgan fingerprint density at radius 2 is 1.85 bits per heavy atom. The second-order valence-electron chi connectivity index (χ2n) is 7.19. The molecule has 1 heterocycles. The van der Waals surface area contributed by atoms with Crippen molar-refractivity contribution in [1.29, 1.82) is 0 Å². The number of Topliss-reactive ketones (excluding diaryl/α,β-unsaturated/α-hetero) is 1. The Kier molecular flexibility index (Phi) is 9.05. The first-order chi connectivity index (χ1) is 12.7. The van der Waals surface area contributed by atoms with Gasteiger partial charge in [-0.3, -0.25) is 9.59 Å². The summed E-state index contributed by atoms with van der Waals surface area (Å²) in [6.07, 6.45) is 1.71. The van der Waals surface area contributed by atoms with Gasteiger partial charge < -0.3 is 20.4 Å². The molecule has 0 radical (unpaired) electrons. The summed E-state index contributed by atoms with van der Waals surface area (Å²) in [4.78, 5) is 39.5. The first kappa shape index (κ1) is 22.7. The van der Waals surface area contributed by atoms with E-state index in [1.807, 2.05) is 6.92 Å². The zero-order valence-corrected chi connectivity index (χ0v) is 17.3. The number of amides is 2. The van der Waals surface area contributed by atoms with Crippen LogP contribution in [0, 0.1) is 12.8 Å². The molecular formula is C20H33N3O4. The molecular weight excluding hydrogens is 346 g/mol. The van der Waals surface area contributed by atoms with Gasteiger partial charge in [0.2, 0.25) is 0 Å². The Balaban J connectivity index is 2.91. The number of hydrogen-bond donors (Lipinski definition) is 3. The minimum absolute atomic E-state index is 0.0482. The van der Waals surface area contributed by atoms with Crippen molar-refractivity contribution in [3.05, 3.63) is 22.5 Å². The molecule has 2 amide bonds. The first-order valence-corrected chi connectivity index (χ1v) is 9.64. The van der Waals surface area contributed by atoms with Crippen LogP contribution in [0.25, 0.3) is 0 Å². The van der Waals surface area contributed by atoms with Crippen molar-refractivity contribution in [1.82, 2.24) is 15.6 Å². The standard InChI is InChI=1S/C20H33N3O4/c1-7-9-16-17(14(6)24)13(5)22-18(16)19(25)21-11-15(10-12(3)4)23-20(26)27-8-2/h12,15,22H,7-11H2,1-6H3,(H,21,25)(H,23,26). The third-order valence-electron chi connectivity index (χ3n) is 4.23. The maximum absolute atomic E-state index is 12.7. The number of ether oxygens (including phenoxy) is 1. The second kappa shape index (κ2) is 10.7. The van der Waals surface area contributed by atoms with Crippen LogP contribution in [0.4, 0.5) is 4.79 Å². The lowest BCUT2D eigenvalue weighted by molar-refractivity contribution is 0.0939. The van der Waals surface area contributed by atoms with E-state index in [2.05, 4.69) is 29.5 Å². The molecule has 0 spiro atoms. The summed E-state index contributed by atoms with van der Waals surface area (Å²) in [7, 11) is 0.